The minimum Gasteiger partial charge on any atom is -0.481 e. The van der Waals surface area contributed by atoms with Gasteiger partial charge in [-0.05, 0) is 48.2 Å². The zero-order valence-electron chi connectivity index (χ0n) is 14.2. The topological polar surface area (TPSA) is 66.4 Å². The number of nitrogens with one attached hydrogen (secondary N) is 1. The monoisotopic (exact) mass is 373 g/mol. The lowest BCUT2D eigenvalue weighted by molar-refractivity contribution is -0.134. The standard InChI is InChI=1S/C20H20FNO3S/c21-16-6-2-5-15(11-16)20(8-3-9-20)19(25)22-17-7-1-4-14(10-17)12-26-13-18(23)24/h1-2,4-7,10-11H,3,8-9,12-13H2,(H,22,25)(H,23,24). The molecule has 0 bridgehead atoms. The average molecular weight is 373 g/mol. The molecule has 0 heterocycles. The summed E-state index contributed by atoms with van der Waals surface area (Å²) in [4.78, 5) is 23.5. The summed E-state index contributed by atoms with van der Waals surface area (Å²) in [6, 6.07) is 13.7. The normalized spacial score (nSPS) is 15.1. The van der Waals surface area contributed by atoms with Gasteiger partial charge in [0.05, 0.1) is 11.2 Å². The molecule has 0 aliphatic heterocycles. The van der Waals surface area contributed by atoms with E-state index in [1.165, 1.54) is 23.9 Å². The van der Waals surface area contributed by atoms with Crippen molar-refractivity contribution in [2.24, 2.45) is 0 Å². The minimum atomic E-state index is -0.846. The fraction of sp³-hybridized carbons (Fsp3) is 0.300. The van der Waals surface area contributed by atoms with Gasteiger partial charge in [0.25, 0.3) is 0 Å². The maximum Gasteiger partial charge on any atom is 0.313 e. The highest BCUT2D eigenvalue weighted by atomic mass is 32.2. The van der Waals surface area contributed by atoms with Crippen LogP contribution in [0, 0.1) is 5.82 Å². The Bertz CT molecular complexity index is 820. The molecule has 4 nitrogen and oxygen atoms in total. The lowest BCUT2D eigenvalue weighted by Gasteiger charge is -2.40. The third kappa shape index (κ3) is 4.07. The molecule has 1 saturated carbocycles. The number of amides is 1. The number of hydrogen-bond donors (Lipinski definition) is 2. The second-order valence-corrected chi connectivity index (χ2v) is 7.47. The third-order valence-electron chi connectivity index (χ3n) is 4.70. The highest BCUT2D eigenvalue weighted by molar-refractivity contribution is 7.99. The van der Waals surface area contributed by atoms with Crippen LogP contribution in [0.1, 0.15) is 30.4 Å². The Morgan fingerprint density at radius 2 is 1.92 bits per heavy atom. The van der Waals surface area contributed by atoms with Crippen LogP contribution in [0.5, 0.6) is 0 Å². The summed E-state index contributed by atoms with van der Waals surface area (Å²) in [5.74, 6) is -0.699. The van der Waals surface area contributed by atoms with E-state index in [9.17, 15) is 14.0 Å². The van der Waals surface area contributed by atoms with Crippen molar-refractivity contribution in [1.29, 1.82) is 0 Å². The Balaban J connectivity index is 1.72. The zero-order chi connectivity index (χ0) is 18.6. The predicted molar refractivity (Wildman–Crippen MR) is 101 cm³/mol. The van der Waals surface area contributed by atoms with E-state index >= 15 is 0 Å². The first-order valence-electron chi connectivity index (χ1n) is 8.46. The van der Waals surface area contributed by atoms with Gasteiger partial charge >= 0.3 is 5.97 Å². The molecule has 136 valence electrons. The van der Waals surface area contributed by atoms with E-state index in [0.717, 1.165) is 17.5 Å². The maximum atomic E-state index is 13.6. The van der Waals surface area contributed by atoms with Crippen molar-refractivity contribution in [2.75, 3.05) is 11.1 Å². The molecule has 0 atom stereocenters. The number of thioether (sulfide) groups is 1. The van der Waals surface area contributed by atoms with Crippen molar-refractivity contribution in [3.05, 3.63) is 65.5 Å². The molecule has 0 spiro atoms. The Morgan fingerprint density at radius 3 is 2.58 bits per heavy atom. The Hall–Kier alpha value is -2.34. The molecular formula is C20H20FNO3S. The van der Waals surface area contributed by atoms with Crippen molar-refractivity contribution in [2.45, 2.75) is 30.4 Å². The van der Waals surface area contributed by atoms with Gasteiger partial charge in [0.15, 0.2) is 0 Å². The van der Waals surface area contributed by atoms with Crippen molar-refractivity contribution < 1.29 is 19.1 Å². The SMILES string of the molecule is O=C(O)CSCc1cccc(NC(=O)C2(c3cccc(F)c3)CCC2)c1. The number of carbonyl (C=O) groups is 2. The van der Waals surface area contributed by atoms with Crippen LogP contribution in [-0.2, 0) is 20.8 Å². The molecular weight excluding hydrogens is 353 g/mol. The number of carbonyl (C=O) groups excluding carboxylic acids is 1. The first-order chi connectivity index (χ1) is 12.5. The summed E-state index contributed by atoms with van der Waals surface area (Å²) in [5, 5.41) is 11.7. The van der Waals surface area contributed by atoms with Crippen LogP contribution in [0.25, 0.3) is 0 Å². The first kappa shape index (κ1) is 18.5. The van der Waals surface area contributed by atoms with E-state index in [0.29, 0.717) is 24.3 Å². The number of carboxylic acid groups (broad SMARTS) is 1. The summed E-state index contributed by atoms with van der Waals surface area (Å²) in [6.45, 7) is 0. The summed E-state index contributed by atoms with van der Waals surface area (Å²) in [6.07, 6.45) is 2.35. The highest BCUT2D eigenvalue weighted by Gasteiger charge is 2.45. The van der Waals surface area contributed by atoms with Crippen molar-refractivity contribution >= 4 is 29.3 Å². The molecule has 0 radical (unpaired) electrons. The Kier molecular flexibility index (Phi) is 5.61. The molecule has 1 amide bonds. The van der Waals surface area contributed by atoms with Crippen LogP contribution in [0.4, 0.5) is 10.1 Å². The van der Waals surface area contributed by atoms with Gasteiger partial charge in [-0.2, -0.15) is 0 Å². The van der Waals surface area contributed by atoms with Crippen LogP contribution < -0.4 is 5.32 Å². The van der Waals surface area contributed by atoms with Crippen LogP contribution in [0.2, 0.25) is 0 Å². The van der Waals surface area contributed by atoms with Gasteiger partial charge in [0.2, 0.25) is 5.91 Å². The van der Waals surface area contributed by atoms with E-state index in [1.54, 1.807) is 18.2 Å². The second-order valence-electron chi connectivity index (χ2n) is 6.49. The molecule has 0 saturated heterocycles. The zero-order valence-corrected chi connectivity index (χ0v) is 15.0. The number of aliphatic carboxylic acids is 1. The number of halogens is 1. The average Bonchev–Trinajstić information content (AvgIpc) is 2.54. The summed E-state index contributed by atoms with van der Waals surface area (Å²) >= 11 is 1.31. The second kappa shape index (κ2) is 7.91. The number of anilines is 1. The van der Waals surface area contributed by atoms with Crippen molar-refractivity contribution in [3.63, 3.8) is 0 Å². The van der Waals surface area contributed by atoms with Gasteiger partial charge in [-0.3, -0.25) is 9.59 Å². The molecule has 0 aromatic heterocycles. The quantitative estimate of drug-likeness (QED) is 0.763. The molecule has 2 aromatic rings. The van der Waals surface area contributed by atoms with Crippen molar-refractivity contribution in [3.8, 4) is 0 Å². The fourth-order valence-electron chi connectivity index (χ4n) is 3.21. The largest absolute Gasteiger partial charge is 0.481 e. The van der Waals surface area contributed by atoms with Gasteiger partial charge in [-0.1, -0.05) is 30.7 Å². The van der Waals surface area contributed by atoms with E-state index < -0.39 is 11.4 Å². The summed E-state index contributed by atoms with van der Waals surface area (Å²) < 4.78 is 13.6. The first-order valence-corrected chi connectivity index (χ1v) is 9.61. The van der Waals surface area contributed by atoms with Crippen LogP contribution in [-0.4, -0.2) is 22.7 Å². The molecule has 0 unspecified atom stereocenters. The Labute approximate surface area is 155 Å². The molecule has 1 aliphatic rings. The smallest absolute Gasteiger partial charge is 0.313 e. The molecule has 3 rings (SSSR count). The van der Waals surface area contributed by atoms with Gasteiger partial charge in [0.1, 0.15) is 5.82 Å². The lowest BCUT2D eigenvalue weighted by Crippen LogP contribution is -2.46. The Morgan fingerprint density at radius 1 is 1.15 bits per heavy atom. The molecule has 2 N–H and O–H groups in total. The van der Waals surface area contributed by atoms with Crippen LogP contribution >= 0.6 is 11.8 Å². The van der Waals surface area contributed by atoms with Crippen molar-refractivity contribution in [1.82, 2.24) is 0 Å². The fourth-order valence-corrected chi connectivity index (χ4v) is 3.90. The maximum absolute atomic E-state index is 13.6. The highest BCUT2D eigenvalue weighted by Crippen LogP contribution is 2.44. The van der Waals surface area contributed by atoms with Crippen LogP contribution in [0.15, 0.2) is 48.5 Å². The summed E-state index contributed by atoms with van der Waals surface area (Å²) in [7, 11) is 0. The molecule has 2 aromatic carbocycles. The molecule has 26 heavy (non-hydrogen) atoms. The number of benzene rings is 2. The molecule has 6 heteroatoms. The van der Waals surface area contributed by atoms with Crippen LogP contribution in [0.3, 0.4) is 0 Å². The van der Waals surface area contributed by atoms with E-state index in [1.807, 2.05) is 18.2 Å². The van der Waals surface area contributed by atoms with E-state index in [4.69, 9.17) is 5.11 Å². The van der Waals surface area contributed by atoms with Gasteiger partial charge in [-0.15, -0.1) is 11.8 Å². The van der Waals surface area contributed by atoms with Gasteiger partial charge in [-0.25, -0.2) is 4.39 Å². The lowest BCUT2D eigenvalue weighted by atomic mass is 9.63. The third-order valence-corrected chi connectivity index (χ3v) is 5.69. The summed E-state index contributed by atoms with van der Waals surface area (Å²) in [5.41, 5.74) is 1.67. The number of rotatable bonds is 7. The van der Waals surface area contributed by atoms with Gasteiger partial charge < -0.3 is 10.4 Å². The number of hydrogen-bond acceptors (Lipinski definition) is 3. The molecule has 1 aliphatic carbocycles. The van der Waals surface area contributed by atoms with E-state index in [2.05, 4.69) is 5.32 Å². The number of carboxylic acids is 1. The van der Waals surface area contributed by atoms with Gasteiger partial charge in [0, 0.05) is 11.4 Å². The van der Waals surface area contributed by atoms with E-state index in [-0.39, 0.29) is 17.5 Å². The predicted octanol–water partition coefficient (Wildman–Crippen LogP) is 4.20. The molecule has 1 fully saturated rings. The minimum absolute atomic E-state index is 0.0409.